The molecule has 0 radical (unpaired) electrons. The van der Waals surface area contributed by atoms with Gasteiger partial charge in [-0.3, -0.25) is 0 Å². The number of thioether (sulfide) groups is 2. The molecule has 2 nitrogen and oxygen atoms in total. The molecule has 1 fully saturated rings. The normalized spacial score (nSPS) is 25.1. The van der Waals surface area contributed by atoms with E-state index in [1.165, 1.54) is 7.11 Å². The zero-order chi connectivity index (χ0) is 13.8. The maximum atomic E-state index is 14.3. The highest BCUT2D eigenvalue weighted by atomic mass is 32.2. The Bertz CT molecular complexity index is 430. The van der Waals surface area contributed by atoms with Crippen molar-refractivity contribution in [3.05, 3.63) is 29.6 Å². The lowest BCUT2D eigenvalue weighted by Crippen LogP contribution is -2.36. The minimum atomic E-state index is -0.316. The largest absolute Gasteiger partial charge is 0.494 e. The summed E-state index contributed by atoms with van der Waals surface area (Å²) in [6, 6.07) is 4.93. The molecule has 2 rings (SSSR count). The summed E-state index contributed by atoms with van der Waals surface area (Å²) in [6.07, 6.45) is 1.07. The number of nitrogens with two attached hydrogens (primary N) is 1. The highest BCUT2D eigenvalue weighted by Gasteiger charge is 2.32. The predicted molar refractivity (Wildman–Crippen MR) is 82.7 cm³/mol. The predicted octanol–water partition coefficient (Wildman–Crippen LogP) is 3.46. The maximum absolute atomic E-state index is 14.3. The summed E-state index contributed by atoms with van der Waals surface area (Å²) in [4.78, 5) is 0. The Hall–Kier alpha value is -0.390. The van der Waals surface area contributed by atoms with Gasteiger partial charge in [0.05, 0.1) is 7.11 Å². The van der Waals surface area contributed by atoms with E-state index in [0.717, 1.165) is 17.9 Å². The van der Waals surface area contributed by atoms with E-state index in [4.69, 9.17) is 10.5 Å². The van der Waals surface area contributed by atoms with Gasteiger partial charge in [-0.1, -0.05) is 19.1 Å². The molecule has 5 heteroatoms. The van der Waals surface area contributed by atoms with Crippen LogP contribution in [0.2, 0.25) is 0 Å². The first kappa shape index (κ1) is 15.0. The summed E-state index contributed by atoms with van der Waals surface area (Å²) in [5.74, 6) is 2.20. The molecule has 0 spiro atoms. The fraction of sp³-hybridized carbons (Fsp3) is 0.571. The molecular formula is C14H20FNOS2. The molecule has 3 unspecified atom stereocenters. The molecule has 106 valence electrons. The highest BCUT2D eigenvalue weighted by molar-refractivity contribution is 8.07. The van der Waals surface area contributed by atoms with E-state index < -0.39 is 0 Å². The third-order valence-corrected chi connectivity index (χ3v) is 6.79. The zero-order valence-electron chi connectivity index (χ0n) is 11.3. The Morgan fingerprint density at radius 3 is 2.84 bits per heavy atom. The van der Waals surface area contributed by atoms with Gasteiger partial charge in [0.2, 0.25) is 0 Å². The highest BCUT2D eigenvalue weighted by Crippen LogP contribution is 2.40. The van der Waals surface area contributed by atoms with Crippen molar-refractivity contribution in [3.63, 3.8) is 0 Å². The minimum absolute atomic E-state index is 0.269. The van der Waals surface area contributed by atoms with E-state index in [9.17, 15) is 4.39 Å². The van der Waals surface area contributed by atoms with Gasteiger partial charge in [0.25, 0.3) is 0 Å². The summed E-state index contributed by atoms with van der Waals surface area (Å²) < 4.78 is 19.3. The Kier molecular flexibility index (Phi) is 5.42. The SMILES string of the molecule is CCC1SCCSC1C(N)c1cccc(OC)c1F. The van der Waals surface area contributed by atoms with Crippen molar-refractivity contribution in [2.24, 2.45) is 5.73 Å². The molecule has 3 atom stereocenters. The number of hydrogen-bond donors (Lipinski definition) is 1. The summed E-state index contributed by atoms with van der Waals surface area (Å²) >= 11 is 3.82. The van der Waals surface area contributed by atoms with Gasteiger partial charge < -0.3 is 10.5 Å². The third kappa shape index (κ3) is 3.20. The van der Waals surface area contributed by atoms with Crippen molar-refractivity contribution in [1.29, 1.82) is 0 Å². The lowest BCUT2D eigenvalue weighted by Gasteiger charge is -2.34. The molecule has 1 aromatic rings. The van der Waals surface area contributed by atoms with E-state index in [0.29, 0.717) is 10.8 Å². The molecule has 1 aliphatic rings. The summed E-state index contributed by atoms with van der Waals surface area (Å²) in [5, 5.41) is 0.768. The van der Waals surface area contributed by atoms with Gasteiger partial charge in [-0.25, -0.2) is 4.39 Å². The quantitative estimate of drug-likeness (QED) is 0.924. The Morgan fingerprint density at radius 2 is 2.16 bits per heavy atom. The molecule has 19 heavy (non-hydrogen) atoms. The monoisotopic (exact) mass is 301 g/mol. The van der Waals surface area contributed by atoms with Crippen LogP contribution in [0, 0.1) is 5.82 Å². The number of rotatable bonds is 4. The fourth-order valence-electron chi connectivity index (χ4n) is 2.39. The Balaban J connectivity index is 2.25. The van der Waals surface area contributed by atoms with E-state index in [-0.39, 0.29) is 22.9 Å². The topological polar surface area (TPSA) is 35.2 Å². The minimum Gasteiger partial charge on any atom is -0.494 e. The van der Waals surface area contributed by atoms with Gasteiger partial charge in [-0.05, 0) is 12.5 Å². The lowest BCUT2D eigenvalue weighted by atomic mass is 10.00. The van der Waals surface area contributed by atoms with E-state index in [2.05, 4.69) is 6.92 Å². The molecule has 0 amide bonds. The van der Waals surface area contributed by atoms with E-state index in [1.807, 2.05) is 23.5 Å². The van der Waals surface area contributed by atoms with E-state index in [1.54, 1.807) is 18.2 Å². The number of halogens is 1. The molecule has 2 N–H and O–H groups in total. The molecule has 1 aliphatic heterocycles. The molecule has 1 saturated heterocycles. The first-order valence-corrected chi connectivity index (χ1v) is 8.60. The zero-order valence-corrected chi connectivity index (χ0v) is 12.9. The molecule has 0 aliphatic carbocycles. The first-order valence-electron chi connectivity index (χ1n) is 6.50. The van der Waals surface area contributed by atoms with Crippen LogP contribution in [-0.4, -0.2) is 29.1 Å². The van der Waals surface area contributed by atoms with Crippen LogP contribution < -0.4 is 10.5 Å². The van der Waals surface area contributed by atoms with Crippen LogP contribution in [0.5, 0.6) is 5.75 Å². The average molecular weight is 301 g/mol. The second kappa shape index (κ2) is 6.86. The van der Waals surface area contributed by atoms with Gasteiger partial charge in [0.15, 0.2) is 11.6 Å². The van der Waals surface area contributed by atoms with Crippen molar-refractivity contribution in [1.82, 2.24) is 0 Å². The number of benzene rings is 1. The maximum Gasteiger partial charge on any atom is 0.169 e. The van der Waals surface area contributed by atoms with Gasteiger partial charge in [-0.15, -0.1) is 0 Å². The lowest BCUT2D eigenvalue weighted by molar-refractivity contribution is 0.382. The van der Waals surface area contributed by atoms with E-state index >= 15 is 0 Å². The van der Waals surface area contributed by atoms with Crippen molar-refractivity contribution >= 4 is 23.5 Å². The Labute approximate surface area is 122 Å². The Morgan fingerprint density at radius 1 is 1.42 bits per heavy atom. The molecule has 1 heterocycles. The van der Waals surface area contributed by atoms with Gasteiger partial charge in [0.1, 0.15) is 0 Å². The molecule has 1 aromatic carbocycles. The van der Waals surface area contributed by atoms with Gasteiger partial charge in [0, 0.05) is 33.6 Å². The van der Waals surface area contributed by atoms with Crippen LogP contribution in [0.4, 0.5) is 4.39 Å². The fourth-order valence-corrected chi connectivity index (χ4v) is 5.56. The number of methoxy groups -OCH3 is 1. The summed E-state index contributed by atoms with van der Waals surface area (Å²) in [7, 11) is 1.48. The summed E-state index contributed by atoms with van der Waals surface area (Å²) in [5.41, 5.74) is 6.90. The van der Waals surface area contributed by atoms with Crippen LogP contribution in [0.3, 0.4) is 0 Å². The average Bonchev–Trinajstić information content (AvgIpc) is 2.46. The second-order valence-corrected chi connectivity index (χ2v) is 7.18. The van der Waals surface area contributed by atoms with Crippen LogP contribution in [0.15, 0.2) is 18.2 Å². The van der Waals surface area contributed by atoms with Crippen LogP contribution in [-0.2, 0) is 0 Å². The molecule has 0 bridgehead atoms. The smallest absolute Gasteiger partial charge is 0.169 e. The number of ether oxygens (including phenoxy) is 1. The molecule has 0 aromatic heterocycles. The molecular weight excluding hydrogens is 281 g/mol. The summed E-state index contributed by atoms with van der Waals surface area (Å²) in [6.45, 7) is 2.17. The van der Waals surface area contributed by atoms with Crippen molar-refractivity contribution in [2.75, 3.05) is 18.6 Å². The van der Waals surface area contributed by atoms with Crippen LogP contribution >= 0.6 is 23.5 Å². The second-order valence-electron chi connectivity index (χ2n) is 4.54. The van der Waals surface area contributed by atoms with Crippen LogP contribution in [0.25, 0.3) is 0 Å². The van der Waals surface area contributed by atoms with Crippen molar-refractivity contribution < 1.29 is 9.13 Å². The van der Waals surface area contributed by atoms with Gasteiger partial charge >= 0.3 is 0 Å². The van der Waals surface area contributed by atoms with Crippen molar-refractivity contribution in [3.8, 4) is 5.75 Å². The standard InChI is InChI=1S/C14H20FNOS2/c1-3-11-14(19-8-7-18-11)13(16)9-5-4-6-10(17-2)12(9)15/h4-6,11,13-14H,3,7-8,16H2,1-2H3. The molecule has 0 saturated carbocycles. The van der Waals surface area contributed by atoms with Gasteiger partial charge in [-0.2, -0.15) is 23.5 Å². The first-order chi connectivity index (χ1) is 9.19. The van der Waals surface area contributed by atoms with Crippen molar-refractivity contribution in [2.45, 2.75) is 29.9 Å². The number of hydrogen-bond acceptors (Lipinski definition) is 4. The van der Waals surface area contributed by atoms with Crippen LogP contribution in [0.1, 0.15) is 24.9 Å². The third-order valence-electron chi connectivity index (χ3n) is 3.42.